The van der Waals surface area contributed by atoms with E-state index in [1.54, 1.807) is 17.7 Å². The summed E-state index contributed by atoms with van der Waals surface area (Å²) in [5.41, 5.74) is 2.20. The Hall–Kier alpha value is -0.960. The zero-order chi connectivity index (χ0) is 19.3. The largest absolute Gasteiger partial charge is 0.416 e. The Balaban J connectivity index is 1.39. The second-order valence-electron chi connectivity index (χ2n) is 8.51. The van der Waals surface area contributed by atoms with Gasteiger partial charge in [0.15, 0.2) is 0 Å². The number of rotatable bonds is 5. The number of allylic oxidation sites excluding steroid dienone is 1. The number of halogens is 4. The van der Waals surface area contributed by atoms with Gasteiger partial charge in [-0.2, -0.15) is 13.2 Å². The SMILES string of the molecule is FC(F)(F)c1ccc(C2CCC(CC[C@H]3CC[C@H](/C=C/Cl)CC3)CC2)cc1. The molecule has 0 aliphatic heterocycles. The van der Waals surface area contributed by atoms with Crippen LogP contribution in [-0.2, 0) is 6.18 Å². The Bertz CT molecular complexity index is 589. The maximum absolute atomic E-state index is 12.7. The summed E-state index contributed by atoms with van der Waals surface area (Å²) < 4.78 is 38.1. The highest BCUT2D eigenvalue weighted by molar-refractivity contribution is 6.25. The normalized spacial score (nSPS) is 29.9. The van der Waals surface area contributed by atoms with Gasteiger partial charge in [0.2, 0.25) is 0 Å². The predicted molar refractivity (Wildman–Crippen MR) is 106 cm³/mol. The summed E-state index contributed by atoms with van der Waals surface area (Å²) in [6, 6.07) is 5.83. The summed E-state index contributed by atoms with van der Waals surface area (Å²) in [4.78, 5) is 0. The number of hydrogen-bond donors (Lipinski definition) is 0. The third kappa shape index (κ3) is 6.01. The molecule has 0 atom stereocenters. The van der Waals surface area contributed by atoms with Crippen LogP contribution in [0.2, 0.25) is 0 Å². The third-order valence-electron chi connectivity index (χ3n) is 6.78. The lowest BCUT2D eigenvalue weighted by Gasteiger charge is -2.31. The molecule has 0 amide bonds. The smallest absolute Gasteiger partial charge is 0.166 e. The van der Waals surface area contributed by atoms with Gasteiger partial charge in [-0.15, -0.1) is 0 Å². The van der Waals surface area contributed by atoms with E-state index in [-0.39, 0.29) is 0 Å². The molecule has 4 heteroatoms. The molecule has 0 bridgehead atoms. The van der Waals surface area contributed by atoms with E-state index in [1.165, 1.54) is 63.5 Å². The van der Waals surface area contributed by atoms with Crippen LogP contribution in [0.4, 0.5) is 13.2 Å². The fourth-order valence-corrected chi connectivity index (χ4v) is 5.18. The molecule has 1 aromatic carbocycles. The minimum atomic E-state index is -4.24. The molecule has 2 aliphatic carbocycles. The van der Waals surface area contributed by atoms with Gasteiger partial charge in [0.25, 0.3) is 0 Å². The zero-order valence-electron chi connectivity index (χ0n) is 15.9. The Morgan fingerprint density at radius 2 is 1.33 bits per heavy atom. The van der Waals surface area contributed by atoms with Crippen molar-refractivity contribution in [2.24, 2.45) is 17.8 Å². The Kier molecular flexibility index (Phi) is 7.30. The molecule has 1 aromatic rings. The van der Waals surface area contributed by atoms with Crippen LogP contribution in [0.25, 0.3) is 0 Å². The second-order valence-corrected chi connectivity index (χ2v) is 8.77. The quantitative estimate of drug-likeness (QED) is 0.467. The van der Waals surface area contributed by atoms with Gasteiger partial charge in [-0.05, 0) is 92.7 Å². The highest BCUT2D eigenvalue weighted by Crippen LogP contribution is 2.40. The Morgan fingerprint density at radius 3 is 1.81 bits per heavy atom. The van der Waals surface area contributed by atoms with Crippen LogP contribution in [-0.4, -0.2) is 0 Å². The number of benzene rings is 1. The Labute approximate surface area is 166 Å². The van der Waals surface area contributed by atoms with Crippen molar-refractivity contribution >= 4 is 11.6 Å². The summed E-state index contributed by atoms with van der Waals surface area (Å²) >= 11 is 5.69. The monoisotopic (exact) mass is 398 g/mol. The molecule has 0 N–H and O–H groups in total. The van der Waals surface area contributed by atoms with Gasteiger partial charge < -0.3 is 0 Å². The lowest BCUT2D eigenvalue weighted by atomic mass is 9.74. The van der Waals surface area contributed by atoms with Gasteiger partial charge in [-0.1, -0.05) is 42.7 Å². The van der Waals surface area contributed by atoms with Gasteiger partial charge in [0.1, 0.15) is 0 Å². The van der Waals surface area contributed by atoms with Crippen LogP contribution >= 0.6 is 11.6 Å². The van der Waals surface area contributed by atoms with Crippen LogP contribution in [0, 0.1) is 17.8 Å². The predicted octanol–water partition coefficient (Wildman–Crippen LogP) is 8.32. The van der Waals surface area contributed by atoms with Crippen LogP contribution in [0.5, 0.6) is 0 Å². The minimum Gasteiger partial charge on any atom is -0.166 e. The van der Waals surface area contributed by atoms with E-state index in [1.807, 2.05) is 0 Å². The van der Waals surface area contributed by atoms with E-state index >= 15 is 0 Å². The van der Waals surface area contributed by atoms with Crippen molar-refractivity contribution in [3.05, 3.63) is 47.0 Å². The van der Waals surface area contributed by atoms with E-state index in [0.29, 0.717) is 11.8 Å². The zero-order valence-corrected chi connectivity index (χ0v) is 16.6. The maximum Gasteiger partial charge on any atom is 0.416 e. The molecule has 0 saturated heterocycles. The van der Waals surface area contributed by atoms with Crippen molar-refractivity contribution < 1.29 is 13.2 Å². The first-order valence-corrected chi connectivity index (χ1v) is 10.8. The molecule has 150 valence electrons. The molecule has 2 saturated carbocycles. The first-order chi connectivity index (χ1) is 13.0. The number of alkyl halides is 3. The fourth-order valence-electron chi connectivity index (χ4n) is 4.97. The second kappa shape index (κ2) is 9.49. The Morgan fingerprint density at radius 1 is 0.815 bits per heavy atom. The van der Waals surface area contributed by atoms with Crippen molar-refractivity contribution in [3.63, 3.8) is 0 Å². The average molecular weight is 399 g/mol. The molecular weight excluding hydrogens is 369 g/mol. The standard InChI is InChI=1S/C23H30ClF3/c24-16-15-19-5-3-17(4-6-19)1-2-18-7-9-20(10-8-18)21-11-13-22(14-12-21)23(25,26)27/h11-20H,1-10H2/b16-15+/t17-,18?,19-,20?. The molecule has 0 aromatic heterocycles. The lowest BCUT2D eigenvalue weighted by Crippen LogP contribution is -2.17. The summed E-state index contributed by atoms with van der Waals surface area (Å²) in [5.74, 6) is 2.79. The molecule has 2 aliphatic rings. The van der Waals surface area contributed by atoms with Crippen molar-refractivity contribution in [3.8, 4) is 0 Å². The van der Waals surface area contributed by atoms with Crippen molar-refractivity contribution in [1.29, 1.82) is 0 Å². The van der Waals surface area contributed by atoms with E-state index in [0.717, 1.165) is 30.2 Å². The highest BCUT2D eigenvalue weighted by Gasteiger charge is 2.31. The molecule has 0 radical (unpaired) electrons. The average Bonchev–Trinajstić information content (AvgIpc) is 2.68. The fraction of sp³-hybridized carbons (Fsp3) is 0.652. The topological polar surface area (TPSA) is 0 Å². The van der Waals surface area contributed by atoms with Crippen LogP contribution < -0.4 is 0 Å². The van der Waals surface area contributed by atoms with Crippen molar-refractivity contribution in [1.82, 2.24) is 0 Å². The van der Waals surface area contributed by atoms with E-state index in [2.05, 4.69) is 6.08 Å². The van der Waals surface area contributed by atoms with Gasteiger partial charge >= 0.3 is 6.18 Å². The van der Waals surface area contributed by atoms with Gasteiger partial charge in [-0.3, -0.25) is 0 Å². The molecule has 0 spiro atoms. The first kappa shape index (κ1) is 20.8. The van der Waals surface area contributed by atoms with E-state index in [9.17, 15) is 13.2 Å². The number of hydrogen-bond acceptors (Lipinski definition) is 0. The molecule has 2 fully saturated rings. The third-order valence-corrected chi connectivity index (χ3v) is 6.92. The summed E-state index contributed by atoms with van der Waals surface area (Å²) in [5, 5.41) is 0. The van der Waals surface area contributed by atoms with Crippen LogP contribution in [0.3, 0.4) is 0 Å². The van der Waals surface area contributed by atoms with Gasteiger partial charge in [-0.25, -0.2) is 0 Å². The lowest BCUT2D eigenvalue weighted by molar-refractivity contribution is -0.137. The summed E-state index contributed by atoms with van der Waals surface area (Å²) in [6.07, 6.45) is 10.4. The highest BCUT2D eigenvalue weighted by atomic mass is 35.5. The molecule has 0 nitrogen and oxygen atoms in total. The van der Waals surface area contributed by atoms with Crippen molar-refractivity contribution in [2.75, 3.05) is 0 Å². The maximum atomic E-state index is 12.7. The molecule has 0 unspecified atom stereocenters. The summed E-state index contributed by atoms with van der Waals surface area (Å²) in [6.45, 7) is 0. The molecule has 0 heterocycles. The summed E-state index contributed by atoms with van der Waals surface area (Å²) in [7, 11) is 0. The molecular formula is C23H30ClF3. The van der Waals surface area contributed by atoms with Crippen molar-refractivity contribution in [2.45, 2.75) is 76.3 Å². The first-order valence-electron chi connectivity index (χ1n) is 10.4. The van der Waals surface area contributed by atoms with E-state index < -0.39 is 11.7 Å². The van der Waals surface area contributed by atoms with Gasteiger partial charge in [0.05, 0.1) is 5.56 Å². The van der Waals surface area contributed by atoms with Crippen LogP contribution in [0.15, 0.2) is 35.9 Å². The van der Waals surface area contributed by atoms with Gasteiger partial charge in [0, 0.05) is 5.54 Å². The molecule has 27 heavy (non-hydrogen) atoms. The van der Waals surface area contributed by atoms with E-state index in [4.69, 9.17) is 11.6 Å². The molecule has 3 rings (SSSR count). The minimum absolute atomic E-state index is 0.432. The van der Waals surface area contributed by atoms with Crippen LogP contribution in [0.1, 0.15) is 81.3 Å².